The molecule has 1 aliphatic carbocycles. The van der Waals surface area contributed by atoms with Gasteiger partial charge in [0.2, 0.25) is 10.0 Å². The number of aliphatic carboxylic acids is 1. The van der Waals surface area contributed by atoms with Crippen LogP contribution in [0, 0.1) is 5.92 Å². The lowest BCUT2D eigenvalue weighted by molar-refractivity contribution is -0.143. The molecule has 0 spiro atoms. The van der Waals surface area contributed by atoms with Gasteiger partial charge in [-0.3, -0.25) is 4.84 Å². The summed E-state index contributed by atoms with van der Waals surface area (Å²) in [5.41, 5.74) is 0. The minimum atomic E-state index is -3.45. The molecule has 0 aromatic rings. The number of rotatable bonds is 6. The SMILES string of the molecule is O=C(O)CONS(=O)(=O)CC1CC1. The van der Waals surface area contributed by atoms with E-state index in [9.17, 15) is 13.2 Å². The molecule has 0 heterocycles. The molecule has 0 aromatic carbocycles. The van der Waals surface area contributed by atoms with Crippen molar-refractivity contribution in [3.63, 3.8) is 0 Å². The smallest absolute Gasteiger partial charge is 0.331 e. The van der Waals surface area contributed by atoms with Gasteiger partial charge in [-0.25, -0.2) is 13.2 Å². The van der Waals surface area contributed by atoms with E-state index in [0.717, 1.165) is 12.8 Å². The van der Waals surface area contributed by atoms with E-state index in [2.05, 4.69) is 4.84 Å². The maximum Gasteiger partial charge on any atom is 0.331 e. The van der Waals surface area contributed by atoms with Gasteiger partial charge in [-0.05, 0) is 18.8 Å². The number of hydrogen-bond donors (Lipinski definition) is 2. The number of carbonyl (C=O) groups is 1. The van der Waals surface area contributed by atoms with Crippen LogP contribution < -0.4 is 4.89 Å². The number of hydrogen-bond acceptors (Lipinski definition) is 4. The Morgan fingerprint density at radius 2 is 2.15 bits per heavy atom. The Morgan fingerprint density at radius 3 is 2.62 bits per heavy atom. The molecular weight excluding hydrogens is 198 g/mol. The summed E-state index contributed by atoms with van der Waals surface area (Å²) >= 11 is 0. The van der Waals surface area contributed by atoms with Crippen molar-refractivity contribution in [1.29, 1.82) is 0 Å². The Labute approximate surface area is 75.9 Å². The molecule has 0 aliphatic heterocycles. The molecule has 76 valence electrons. The molecule has 0 bridgehead atoms. The molecule has 1 saturated carbocycles. The first-order chi connectivity index (χ1) is 5.99. The van der Waals surface area contributed by atoms with Crippen molar-refractivity contribution in [3.05, 3.63) is 0 Å². The Balaban J connectivity index is 2.21. The summed E-state index contributed by atoms with van der Waals surface area (Å²) in [6, 6.07) is 0. The molecule has 0 radical (unpaired) electrons. The highest BCUT2D eigenvalue weighted by molar-refractivity contribution is 7.89. The number of sulfonamides is 1. The van der Waals surface area contributed by atoms with Crippen molar-refractivity contribution in [1.82, 2.24) is 4.89 Å². The third-order valence-corrected chi connectivity index (χ3v) is 2.82. The first kappa shape index (κ1) is 10.4. The Bertz CT molecular complexity index is 281. The van der Waals surface area contributed by atoms with Gasteiger partial charge >= 0.3 is 5.97 Å². The van der Waals surface area contributed by atoms with Crippen LogP contribution in [0.4, 0.5) is 0 Å². The molecule has 6 nitrogen and oxygen atoms in total. The monoisotopic (exact) mass is 209 g/mol. The predicted molar refractivity (Wildman–Crippen MR) is 43.2 cm³/mol. The average molecular weight is 209 g/mol. The second kappa shape index (κ2) is 4.03. The van der Waals surface area contributed by atoms with Crippen molar-refractivity contribution in [2.45, 2.75) is 12.8 Å². The maximum atomic E-state index is 11.0. The van der Waals surface area contributed by atoms with Crippen LogP contribution in [0.1, 0.15) is 12.8 Å². The molecule has 0 saturated heterocycles. The molecule has 0 atom stereocenters. The highest BCUT2D eigenvalue weighted by Gasteiger charge is 2.28. The summed E-state index contributed by atoms with van der Waals surface area (Å²) in [6.07, 6.45) is 1.83. The van der Waals surface area contributed by atoms with Gasteiger partial charge in [-0.15, -0.1) is 0 Å². The summed E-state index contributed by atoms with van der Waals surface area (Å²) in [5.74, 6) is -0.979. The minimum Gasteiger partial charge on any atom is -0.479 e. The number of carboxylic acid groups (broad SMARTS) is 1. The van der Waals surface area contributed by atoms with Crippen LogP contribution >= 0.6 is 0 Å². The molecule has 13 heavy (non-hydrogen) atoms. The van der Waals surface area contributed by atoms with Crippen molar-refractivity contribution >= 4 is 16.0 Å². The van der Waals surface area contributed by atoms with E-state index in [4.69, 9.17) is 5.11 Å². The zero-order chi connectivity index (χ0) is 9.90. The summed E-state index contributed by atoms with van der Waals surface area (Å²) < 4.78 is 22.1. The van der Waals surface area contributed by atoms with E-state index in [1.165, 1.54) is 0 Å². The van der Waals surface area contributed by atoms with Gasteiger partial charge in [0.1, 0.15) is 0 Å². The van der Waals surface area contributed by atoms with E-state index in [-0.39, 0.29) is 11.7 Å². The van der Waals surface area contributed by atoms with Crippen molar-refractivity contribution in [2.75, 3.05) is 12.4 Å². The van der Waals surface area contributed by atoms with E-state index in [1.54, 1.807) is 4.89 Å². The molecule has 0 unspecified atom stereocenters. The van der Waals surface area contributed by atoms with Gasteiger partial charge in [0, 0.05) is 0 Å². The number of carboxylic acids is 1. The summed E-state index contributed by atoms with van der Waals surface area (Å²) in [4.78, 5) is 16.0. The third kappa shape index (κ3) is 4.81. The largest absolute Gasteiger partial charge is 0.479 e. The Hall–Kier alpha value is -0.660. The van der Waals surface area contributed by atoms with Crippen molar-refractivity contribution in [2.24, 2.45) is 5.92 Å². The van der Waals surface area contributed by atoms with E-state index in [1.807, 2.05) is 0 Å². The van der Waals surface area contributed by atoms with Gasteiger partial charge < -0.3 is 5.11 Å². The number of nitrogens with one attached hydrogen (secondary N) is 1. The fourth-order valence-electron chi connectivity index (χ4n) is 0.810. The maximum absolute atomic E-state index is 11.0. The van der Waals surface area contributed by atoms with Crippen LogP contribution in [0.2, 0.25) is 0 Å². The summed E-state index contributed by atoms with van der Waals surface area (Å²) in [6.45, 7) is -0.663. The Kier molecular flexibility index (Phi) is 3.23. The van der Waals surface area contributed by atoms with Gasteiger partial charge in [0.05, 0.1) is 5.75 Å². The summed E-state index contributed by atoms with van der Waals surface area (Å²) in [5, 5.41) is 8.14. The van der Waals surface area contributed by atoms with Crippen LogP contribution in [0.5, 0.6) is 0 Å². The van der Waals surface area contributed by atoms with Crippen molar-refractivity contribution < 1.29 is 23.2 Å². The van der Waals surface area contributed by atoms with E-state index in [0.29, 0.717) is 0 Å². The normalized spacial score (nSPS) is 17.2. The van der Waals surface area contributed by atoms with Gasteiger partial charge in [0.15, 0.2) is 6.61 Å². The lowest BCUT2D eigenvalue weighted by Crippen LogP contribution is -2.29. The fraction of sp³-hybridized carbons (Fsp3) is 0.833. The summed E-state index contributed by atoms with van der Waals surface area (Å²) in [7, 11) is -3.45. The second-order valence-electron chi connectivity index (χ2n) is 2.99. The lowest BCUT2D eigenvalue weighted by Gasteiger charge is -2.03. The molecule has 2 N–H and O–H groups in total. The first-order valence-corrected chi connectivity index (χ1v) is 5.48. The second-order valence-corrected chi connectivity index (χ2v) is 4.72. The highest BCUT2D eigenvalue weighted by atomic mass is 32.2. The molecule has 7 heteroatoms. The minimum absolute atomic E-state index is 0.0205. The molecule has 0 amide bonds. The molecule has 1 rings (SSSR count). The van der Waals surface area contributed by atoms with Gasteiger partial charge in [0.25, 0.3) is 0 Å². The Morgan fingerprint density at radius 1 is 1.54 bits per heavy atom. The zero-order valence-electron chi connectivity index (χ0n) is 6.89. The lowest BCUT2D eigenvalue weighted by atomic mass is 10.5. The zero-order valence-corrected chi connectivity index (χ0v) is 7.71. The molecule has 0 aromatic heterocycles. The highest BCUT2D eigenvalue weighted by Crippen LogP contribution is 2.29. The molecule has 1 aliphatic rings. The average Bonchev–Trinajstić information content (AvgIpc) is 2.68. The van der Waals surface area contributed by atoms with Crippen molar-refractivity contribution in [3.8, 4) is 0 Å². The van der Waals surface area contributed by atoms with Gasteiger partial charge in [-0.1, -0.05) is 4.89 Å². The molecular formula is C6H11NO5S. The standard InChI is InChI=1S/C6H11NO5S/c8-6(9)3-12-7-13(10,11)4-5-1-2-5/h5,7H,1-4H2,(H,8,9). The molecule has 1 fully saturated rings. The van der Waals surface area contributed by atoms with Gasteiger partial charge in [-0.2, -0.15) is 0 Å². The van der Waals surface area contributed by atoms with Crippen LogP contribution in [0.25, 0.3) is 0 Å². The third-order valence-electron chi connectivity index (χ3n) is 1.53. The predicted octanol–water partition coefficient (Wildman–Crippen LogP) is -0.668. The fourth-order valence-corrected chi connectivity index (χ4v) is 2.07. The van der Waals surface area contributed by atoms with E-state index < -0.39 is 22.6 Å². The van der Waals surface area contributed by atoms with Crippen LogP contribution in [-0.2, 0) is 19.7 Å². The first-order valence-electron chi connectivity index (χ1n) is 3.82. The van der Waals surface area contributed by atoms with Crippen LogP contribution in [0.3, 0.4) is 0 Å². The van der Waals surface area contributed by atoms with Crippen LogP contribution in [-0.4, -0.2) is 31.9 Å². The van der Waals surface area contributed by atoms with Crippen LogP contribution in [0.15, 0.2) is 0 Å². The quantitative estimate of drug-likeness (QED) is 0.566. The van der Waals surface area contributed by atoms with E-state index >= 15 is 0 Å². The topological polar surface area (TPSA) is 92.7 Å².